The molecule has 19 heavy (non-hydrogen) atoms. The van der Waals surface area contributed by atoms with Gasteiger partial charge in [0, 0.05) is 26.0 Å². The highest BCUT2D eigenvalue weighted by atomic mass is 16.5. The summed E-state index contributed by atoms with van der Waals surface area (Å²) in [6.07, 6.45) is 4.92. The number of rotatable bonds is 6. The molecule has 0 unspecified atom stereocenters. The zero-order valence-electron chi connectivity index (χ0n) is 11.9. The second-order valence-corrected chi connectivity index (χ2v) is 4.87. The highest BCUT2D eigenvalue weighted by molar-refractivity contribution is 5.90. The van der Waals surface area contributed by atoms with E-state index in [-0.39, 0.29) is 0 Å². The fourth-order valence-electron chi connectivity index (χ4n) is 2.46. The Balaban J connectivity index is 2.19. The summed E-state index contributed by atoms with van der Waals surface area (Å²) in [5.41, 5.74) is 9.32. The van der Waals surface area contributed by atoms with E-state index in [1.165, 1.54) is 17.6 Å². The molecule has 2 rings (SSSR count). The maximum Gasteiger partial charge on any atom is 0.145 e. The minimum absolute atomic E-state index is 0.573. The SMILES string of the molecule is COCCCCCn1c(C)c(C)c2c(N)ncnc21. The van der Waals surface area contributed by atoms with E-state index in [9.17, 15) is 0 Å². The Labute approximate surface area is 113 Å². The van der Waals surface area contributed by atoms with E-state index in [4.69, 9.17) is 10.5 Å². The molecule has 0 aliphatic carbocycles. The molecule has 0 atom stereocenters. The lowest BCUT2D eigenvalue weighted by Crippen LogP contribution is -2.02. The summed E-state index contributed by atoms with van der Waals surface area (Å²) < 4.78 is 7.31. The molecular weight excluding hydrogens is 240 g/mol. The maximum absolute atomic E-state index is 5.95. The van der Waals surface area contributed by atoms with E-state index < -0.39 is 0 Å². The summed E-state index contributed by atoms with van der Waals surface area (Å²) in [6.45, 7) is 6.00. The largest absolute Gasteiger partial charge is 0.385 e. The van der Waals surface area contributed by atoms with Crippen molar-refractivity contribution in [2.45, 2.75) is 39.7 Å². The van der Waals surface area contributed by atoms with Crippen LogP contribution in [0.4, 0.5) is 5.82 Å². The van der Waals surface area contributed by atoms with Crippen LogP contribution in [0.2, 0.25) is 0 Å². The number of nitrogen functional groups attached to an aromatic ring is 1. The van der Waals surface area contributed by atoms with Crippen LogP contribution >= 0.6 is 0 Å². The van der Waals surface area contributed by atoms with Crippen molar-refractivity contribution in [1.29, 1.82) is 0 Å². The molecule has 0 aliphatic rings. The number of aryl methyl sites for hydroxylation is 2. The van der Waals surface area contributed by atoms with Crippen molar-refractivity contribution < 1.29 is 4.74 Å². The van der Waals surface area contributed by atoms with Gasteiger partial charge in [-0.2, -0.15) is 0 Å². The summed E-state index contributed by atoms with van der Waals surface area (Å²) >= 11 is 0. The average Bonchev–Trinajstić information content (AvgIpc) is 2.64. The molecule has 2 aromatic heterocycles. The molecule has 0 radical (unpaired) electrons. The maximum atomic E-state index is 5.95. The van der Waals surface area contributed by atoms with E-state index in [0.29, 0.717) is 5.82 Å². The van der Waals surface area contributed by atoms with Crippen molar-refractivity contribution in [3.63, 3.8) is 0 Å². The molecule has 0 fully saturated rings. The summed E-state index contributed by atoms with van der Waals surface area (Å²) in [4.78, 5) is 8.47. The second kappa shape index (κ2) is 6.02. The van der Waals surface area contributed by atoms with Gasteiger partial charge in [-0.15, -0.1) is 0 Å². The molecule has 5 heteroatoms. The van der Waals surface area contributed by atoms with Gasteiger partial charge in [0.15, 0.2) is 0 Å². The number of methoxy groups -OCH3 is 1. The quantitative estimate of drug-likeness (QED) is 0.812. The van der Waals surface area contributed by atoms with Gasteiger partial charge >= 0.3 is 0 Å². The highest BCUT2D eigenvalue weighted by Crippen LogP contribution is 2.27. The van der Waals surface area contributed by atoms with Crippen LogP contribution in [0.5, 0.6) is 0 Å². The average molecular weight is 262 g/mol. The molecule has 0 aromatic carbocycles. The number of ether oxygens (including phenoxy) is 1. The van der Waals surface area contributed by atoms with Gasteiger partial charge in [-0.25, -0.2) is 9.97 Å². The lowest BCUT2D eigenvalue weighted by molar-refractivity contribution is 0.191. The first-order valence-corrected chi connectivity index (χ1v) is 6.71. The zero-order chi connectivity index (χ0) is 13.8. The van der Waals surface area contributed by atoms with Crippen molar-refractivity contribution in [1.82, 2.24) is 14.5 Å². The Morgan fingerprint density at radius 2 is 2.00 bits per heavy atom. The van der Waals surface area contributed by atoms with Crippen molar-refractivity contribution >= 4 is 16.9 Å². The van der Waals surface area contributed by atoms with E-state index in [2.05, 4.69) is 28.4 Å². The van der Waals surface area contributed by atoms with Crippen molar-refractivity contribution in [2.75, 3.05) is 19.5 Å². The van der Waals surface area contributed by atoms with E-state index in [1.807, 2.05) is 0 Å². The highest BCUT2D eigenvalue weighted by Gasteiger charge is 2.14. The molecule has 0 bridgehead atoms. The summed E-state index contributed by atoms with van der Waals surface area (Å²) in [7, 11) is 1.74. The van der Waals surface area contributed by atoms with Gasteiger partial charge in [-0.1, -0.05) is 0 Å². The molecule has 0 saturated heterocycles. The number of hydrogen-bond donors (Lipinski definition) is 1. The Hall–Kier alpha value is -1.62. The van der Waals surface area contributed by atoms with Gasteiger partial charge in [0.25, 0.3) is 0 Å². The Bertz CT molecular complexity index is 562. The predicted molar refractivity (Wildman–Crippen MR) is 77.1 cm³/mol. The Kier molecular flexibility index (Phi) is 4.37. The van der Waals surface area contributed by atoms with Crippen molar-refractivity contribution in [3.05, 3.63) is 17.6 Å². The summed E-state index contributed by atoms with van der Waals surface area (Å²) in [6, 6.07) is 0. The lowest BCUT2D eigenvalue weighted by Gasteiger charge is -2.07. The van der Waals surface area contributed by atoms with Crippen LogP contribution in [0.1, 0.15) is 30.5 Å². The third kappa shape index (κ3) is 2.71. The van der Waals surface area contributed by atoms with Crippen molar-refractivity contribution in [3.8, 4) is 0 Å². The monoisotopic (exact) mass is 262 g/mol. The summed E-state index contributed by atoms with van der Waals surface area (Å²) in [5, 5.41) is 0.997. The molecule has 0 aliphatic heterocycles. The second-order valence-electron chi connectivity index (χ2n) is 4.87. The molecular formula is C14H22N4O. The fourth-order valence-corrected chi connectivity index (χ4v) is 2.46. The Morgan fingerprint density at radius 3 is 2.74 bits per heavy atom. The van der Waals surface area contributed by atoms with Gasteiger partial charge in [0.2, 0.25) is 0 Å². The molecule has 0 saturated carbocycles. The lowest BCUT2D eigenvalue weighted by atomic mass is 10.2. The van der Waals surface area contributed by atoms with Crippen LogP contribution in [-0.2, 0) is 11.3 Å². The molecule has 5 nitrogen and oxygen atoms in total. The molecule has 2 aromatic rings. The first-order chi connectivity index (χ1) is 9.16. The van der Waals surface area contributed by atoms with Crippen LogP contribution in [-0.4, -0.2) is 28.3 Å². The standard InChI is InChI=1S/C14H22N4O/c1-10-11(2)18(7-5-4-6-8-19-3)14-12(10)13(15)16-9-17-14/h9H,4-8H2,1-3H3,(H2,15,16,17). The number of unbranched alkanes of at least 4 members (excludes halogenated alkanes) is 2. The fraction of sp³-hybridized carbons (Fsp3) is 0.571. The number of nitrogens with two attached hydrogens (primary N) is 1. The Morgan fingerprint density at radius 1 is 1.21 bits per heavy atom. The third-order valence-electron chi connectivity index (χ3n) is 3.67. The van der Waals surface area contributed by atoms with Gasteiger partial charge in [-0.3, -0.25) is 0 Å². The number of fused-ring (bicyclic) bond motifs is 1. The van der Waals surface area contributed by atoms with Crippen LogP contribution in [0, 0.1) is 13.8 Å². The van der Waals surface area contributed by atoms with E-state index in [1.54, 1.807) is 7.11 Å². The van der Waals surface area contributed by atoms with Gasteiger partial charge < -0.3 is 15.0 Å². The molecule has 0 amide bonds. The molecule has 2 N–H and O–H groups in total. The minimum Gasteiger partial charge on any atom is -0.385 e. The van der Waals surface area contributed by atoms with Crippen LogP contribution in [0.25, 0.3) is 11.0 Å². The molecule has 2 heterocycles. The smallest absolute Gasteiger partial charge is 0.145 e. The van der Waals surface area contributed by atoms with Gasteiger partial charge in [0.1, 0.15) is 17.8 Å². The topological polar surface area (TPSA) is 66.0 Å². The van der Waals surface area contributed by atoms with Gasteiger partial charge in [-0.05, 0) is 38.7 Å². The molecule has 0 spiro atoms. The molecule has 104 valence electrons. The number of hydrogen-bond acceptors (Lipinski definition) is 4. The number of anilines is 1. The normalized spacial score (nSPS) is 11.3. The number of nitrogens with zero attached hydrogens (tertiary/aromatic N) is 3. The number of aromatic nitrogens is 3. The third-order valence-corrected chi connectivity index (χ3v) is 3.67. The van der Waals surface area contributed by atoms with Crippen LogP contribution in [0.15, 0.2) is 6.33 Å². The van der Waals surface area contributed by atoms with Crippen LogP contribution < -0.4 is 5.73 Å². The van der Waals surface area contributed by atoms with E-state index in [0.717, 1.165) is 43.4 Å². The first-order valence-electron chi connectivity index (χ1n) is 6.71. The minimum atomic E-state index is 0.573. The van der Waals surface area contributed by atoms with Gasteiger partial charge in [0.05, 0.1) is 5.39 Å². The van der Waals surface area contributed by atoms with E-state index >= 15 is 0 Å². The first kappa shape index (κ1) is 13.8. The summed E-state index contributed by atoms with van der Waals surface area (Å²) in [5.74, 6) is 0.573. The zero-order valence-corrected chi connectivity index (χ0v) is 11.9. The predicted octanol–water partition coefficient (Wildman–Crippen LogP) is 2.45. The van der Waals surface area contributed by atoms with Crippen molar-refractivity contribution in [2.24, 2.45) is 0 Å². The van der Waals surface area contributed by atoms with Crippen LogP contribution in [0.3, 0.4) is 0 Å².